The van der Waals surface area contributed by atoms with Crippen LogP contribution in [0.5, 0.6) is 5.75 Å². The first-order valence-electron chi connectivity index (χ1n) is 9.62. The molecule has 1 atom stereocenters. The normalized spacial score (nSPS) is 15.8. The summed E-state index contributed by atoms with van der Waals surface area (Å²) in [6, 6.07) is 10.5. The van der Waals surface area contributed by atoms with Crippen molar-refractivity contribution in [2.45, 2.75) is 32.8 Å². The van der Waals surface area contributed by atoms with Crippen LogP contribution in [0.3, 0.4) is 0 Å². The first kappa shape index (κ1) is 21.1. The van der Waals surface area contributed by atoms with Gasteiger partial charge in [-0.1, -0.05) is 23.7 Å². The second-order valence-corrected chi connectivity index (χ2v) is 7.48. The number of carbonyl (C=O) groups excluding carboxylic acids is 2. The summed E-state index contributed by atoms with van der Waals surface area (Å²) in [6.45, 7) is 4.78. The molecular formula is C22H25ClN2O4. The second kappa shape index (κ2) is 9.76. The number of anilines is 1. The van der Waals surface area contributed by atoms with Gasteiger partial charge in [0.2, 0.25) is 0 Å². The lowest BCUT2D eigenvalue weighted by Crippen LogP contribution is -2.32. The molecule has 3 rings (SSSR count). The third-order valence-electron chi connectivity index (χ3n) is 4.74. The summed E-state index contributed by atoms with van der Waals surface area (Å²) in [4.78, 5) is 24.9. The van der Waals surface area contributed by atoms with Gasteiger partial charge in [-0.15, -0.1) is 0 Å². The maximum absolute atomic E-state index is 12.5. The highest BCUT2D eigenvalue weighted by Gasteiger charge is 2.18. The Balaban J connectivity index is 1.58. The third kappa shape index (κ3) is 5.71. The Bertz CT molecular complexity index is 871. The van der Waals surface area contributed by atoms with Gasteiger partial charge < -0.3 is 20.1 Å². The summed E-state index contributed by atoms with van der Waals surface area (Å²) in [6.07, 6.45) is 2.01. The van der Waals surface area contributed by atoms with Crippen molar-refractivity contribution in [3.05, 3.63) is 58.1 Å². The van der Waals surface area contributed by atoms with E-state index in [1.807, 2.05) is 13.8 Å². The number of hydrogen-bond acceptors (Lipinski definition) is 4. The molecule has 154 valence electrons. The van der Waals surface area contributed by atoms with Crippen LogP contribution in [0, 0.1) is 13.8 Å². The van der Waals surface area contributed by atoms with Crippen LogP contribution in [0.2, 0.25) is 5.02 Å². The van der Waals surface area contributed by atoms with E-state index in [0.717, 1.165) is 30.6 Å². The molecular weight excluding hydrogens is 392 g/mol. The van der Waals surface area contributed by atoms with Crippen molar-refractivity contribution in [3.8, 4) is 5.75 Å². The minimum absolute atomic E-state index is 0.0559. The fourth-order valence-corrected chi connectivity index (χ4v) is 3.33. The summed E-state index contributed by atoms with van der Waals surface area (Å²) >= 11 is 6.15. The molecule has 1 fully saturated rings. The molecule has 0 unspecified atom stereocenters. The standard InChI is InChI=1S/C22H25ClN2O4/c1-14-10-17(11-15(2)21(14)23)29-13-20(26)25-19-8-4-3-7-18(19)22(27)24-12-16-6-5-9-28-16/h3-4,7-8,10-11,16H,5-6,9,12-13H2,1-2H3,(H,24,27)(H,25,26)/t16-/m0/s1. The highest BCUT2D eigenvalue weighted by atomic mass is 35.5. The summed E-state index contributed by atoms with van der Waals surface area (Å²) in [7, 11) is 0. The van der Waals surface area contributed by atoms with E-state index >= 15 is 0 Å². The van der Waals surface area contributed by atoms with Crippen LogP contribution in [0.25, 0.3) is 0 Å². The first-order chi connectivity index (χ1) is 13.9. The number of aryl methyl sites for hydroxylation is 2. The minimum atomic E-state index is -0.352. The lowest BCUT2D eigenvalue weighted by atomic mass is 10.1. The highest BCUT2D eigenvalue weighted by Crippen LogP contribution is 2.26. The van der Waals surface area contributed by atoms with Crippen molar-refractivity contribution < 1.29 is 19.1 Å². The molecule has 29 heavy (non-hydrogen) atoms. The molecule has 1 heterocycles. The molecule has 6 nitrogen and oxygen atoms in total. The quantitative estimate of drug-likeness (QED) is 0.718. The molecule has 0 spiro atoms. The summed E-state index contributed by atoms with van der Waals surface area (Å²) in [5.74, 6) is -0.0296. The summed E-state index contributed by atoms with van der Waals surface area (Å²) in [5.41, 5.74) is 2.61. The van der Waals surface area contributed by atoms with Gasteiger partial charge in [-0.25, -0.2) is 0 Å². The minimum Gasteiger partial charge on any atom is -0.484 e. The highest BCUT2D eigenvalue weighted by molar-refractivity contribution is 6.32. The van der Waals surface area contributed by atoms with Crippen molar-refractivity contribution in [3.63, 3.8) is 0 Å². The number of amides is 2. The molecule has 0 radical (unpaired) electrons. The summed E-state index contributed by atoms with van der Waals surface area (Å²) in [5, 5.41) is 6.30. The van der Waals surface area contributed by atoms with Crippen molar-refractivity contribution >= 4 is 29.1 Å². The zero-order valence-corrected chi connectivity index (χ0v) is 17.3. The van der Waals surface area contributed by atoms with E-state index in [-0.39, 0.29) is 24.5 Å². The van der Waals surface area contributed by atoms with Crippen LogP contribution < -0.4 is 15.4 Å². The van der Waals surface area contributed by atoms with E-state index in [0.29, 0.717) is 28.6 Å². The number of ether oxygens (including phenoxy) is 2. The van der Waals surface area contributed by atoms with E-state index in [1.165, 1.54) is 0 Å². The topological polar surface area (TPSA) is 76.7 Å². The van der Waals surface area contributed by atoms with E-state index in [9.17, 15) is 9.59 Å². The van der Waals surface area contributed by atoms with Gasteiger partial charge in [-0.05, 0) is 62.1 Å². The third-order valence-corrected chi connectivity index (χ3v) is 5.34. The Morgan fingerprint density at radius 2 is 1.93 bits per heavy atom. The van der Waals surface area contributed by atoms with Crippen molar-refractivity contribution in [1.29, 1.82) is 0 Å². The van der Waals surface area contributed by atoms with Gasteiger partial charge in [0.15, 0.2) is 6.61 Å². The lowest BCUT2D eigenvalue weighted by molar-refractivity contribution is -0.118. The first-order valence-corrected chi connectivity index (χ1v) is 10.00. The number of benzene rings is 2. The summed E-state index contributed by atoms with van der Waals surface area (Å²) < 4.78 is 11.1. The van der Waals surface area contributed by atoms with Gasteiger partial charge in [0.05, 0.1) is 17.4 Å². The molecule has 1 aliphatic heterocycles. The molecule has 0 aliphatic carbocycles. The zero-order chi connectivity index (χ0) is 20.8. The van der Waals surface area contributed by atoms with Crippen LogP contribution in [-0.4, -0.2) is 37.7 Å². The van der Waals surface area contributed by atoms with Gasteiger partial charge in [0, 0.05) is 18.2 Å². The SMILES string of the molecule is Cc1cc(OCC(=O)Nc2ccccc2C(=O)NC[C@@H]2CCCO2)cc(C)c1Cl. The monoisotopic (exact) mass is 416 g/mol. The van der Waals surface area contributed by atoms with E-state index in [4.69, 9.17) is 21.1 Å². The number of nitrogens with one attached hydrogen (secondary N) is 2. The van der Waals surface area contributed by atoms with E-state index < -0.39 is 0 Å². The van der Waals surface area contributed by atoms with E-state index in [1.54, 1.807) is 36.4 Å². The molecule has 1 aliphatic rings. The van der Waals surface area contributed by atoms with Crippen LogP contribution in [0.4, 0.5) is 5.69 Å². The fourth-order valence-electron chi connectivity index (χ4n) is 3.22. The Morgan fingerprint density at radius 3 is 2.62 bits per heavy atom. The Labute approximate surface area is 175 Å². The predicted octanol–water partition coefficient (Wildman–Crippen LogP) is 3.88. The fraction of sp³-hybridized carbons (Fsp3) is 0.364. The molecule has 0 aromatic heterocycles. The smallest absolute Gasteiger partial charge is 0.262 e. The molecule has 0 bridgehead atoms. The predicted molar refractivity (Wildman–Crippen MR) is 113 cm³/mol. The Kier molecular flexibility index (Phi) is 7.12. The van der Waals surface area contributed by atoms with Crippen molar-refractivity contribution in [2.24, 2.45) is 0 Å². The number of carbonyl (C=O) groups is 2. The molecule has 1 saturated heterocycles. The maximum atomic E-state index is 12.5. The average Bonchev–Trinajstić information content (AvgIpc) is 3.22. The van der Waals surface area contributed by atoms with Gasteiger partial charge >= 0.3 is 0 Å². The average molecular weight is 417 g/mol. The number of para-hydroxylation sites is 1. The Hall–Kier alpha value is -2.57. The van der Waals surface area contributed by atoms with Gasteiger partial charge in [0.25, 0.3) is 11.8 Å². The second-order valence-electron chi connectivity index (χ2n) is 7.10. The zero-order valence-electron chi connectivity index (χ0n) is 16.6. The van der Waals surface area contributed by atoms with Crippen molar-refractivity contribution in [2.75, 3.05) is 25.1 Å². The van der Waals surface area contributed by atoms with Crippen LogP contribution >= 0.6 is 11.6 Å². The van der Waals surface area contributed by atoms with Crippen molar-refractivity contribution in [1.82, 2.24) is 5.32 Å². The molecule has 2 aromatic carbocycles. The van der Waals surface area contributed by atoms with Crippen LogP contribution in [0.1, 0.15) is 34.3 Å². The number of rotatable bonds is 7. The molecule has 0 saturated carbocycles. The van der Waals surface area contributed by atoms with Crippen LogP contribution in [-0.2, 0) is 9.53 Å². The lowest BCUT2D eigenvalue weighted by Gasteiger charge is -2.14. The number of halogens is 1. The van der Waals surface area contributed by atoms with Crippen LogP contribution in [0.15, 0.2) is 36.4 Å². The van der Waals surface area contributed by atoms with E-state index in [2.05, 4.69) is 10.6 Å². The molecule has 2 N–H and O–H groups in total. The van der Waals surface area contributed by atoms with Gasteiger partial charge in [-0.3, -0.25) is 9.59 Å². The Morgan fingerprint density at radius 1 is 1.21 bits per heavy atom. The molecule has 7 heteroatoms. The largest absolute Gasteiger partial charge is 0.484 e. The molecule has 2 amide bonds. The van der Waals surface area contributed by atoms with Gasteiger partial charge in [0.1, 0.15) is 5.75 Å². The van der Waals surface area contributed by atoms with Gasteiger partial charge in [-0.2, -0.15) is 0 Å². The maximum Gasteiger partial charge on any atom is 0.262 e. The molecule has 2 aromatic rings. The number of hydrogen-bond donors (Lipinski definition) is 2.